The van der Waals surface area contributed by atoms with Crippen LogP contribution in [0.1, 0.15) is 25.1 Å². The number of amides is 1. The molecule has 1 aliphatic rings. The highest BCUT2D eigenvalue weighted by Gasteiger charge is 2.29. The molecule has 1 aliphatic heterocycles. The lowest BCUT2D eigenvalue weighted by atomic mass is 9.95. The van der Waals surface area contributed by atoms with Crippen molar-refractivity contribution in [2.45, 2.75) is 19.4 Å². The van der Waals surface area contributed by atoms with Crippen LogP contribution in [0.3, 0.4) is 0 Å². The fraction of sp³-hybridized carbons (Fsp3) is 0.250. The number of benzene rings is 1. The summed E-state index contributed by atoms with van der Waals surface area (Å²) in [7, 11) is 0. The molecule has 0 radical (unpaired) electrons. The van der Waals surface area contributed by atoms with Crippen LogP contribution < -0.4 is 5.32 Å². The second-order valence-corrected chi connectivity index (χ2v) is 5.45. The Balaban J connectivity index is 2.15. The molecule has 1 amide bonds. The molecule has 1 aromatic heterocycles. The molecule has 2 aromatic rings. The van der Waals surface area contributed by atoms with Crippen molar-refractivity contribution in [3.05, 3.63) is 47.8 Å². The Kier molecular flexibility index (Phi) is 3.04. The van der Waals surface area contributed by atoms with Crippen LogP contribution in [0.5, 0.6) is 0 Å². The molecule has 0 unspecified atom stereocenters. The lowest BCUT2D eigenvalue weighted by molar-refractivity contribution is -0.125. The highest BCUT2D eigenvalue weighted by atomic mass is 16.5. The first kappa shape index (κ1) is 13.4. The van der Waals surface area contributed by atoms with Crippen molar-refractivity contribution in [1.29, 1.82) is 5.26 Å². The number of anilines is 1. The van der Waals surface area contributed by atoms with Gasteiger partial charge in [0.1, 0.15) is 18.4 Å². The lowest BCUT2D eigenvalue weighted by Gasteiger charge is -2.25. The number of nitrogens with zero attached hydrogens (tertiary/aromatic N) is 2. The Labute approximate surface area is 122 Å². The quantitative estimate of drug-likeness (QED) is 0.873. The van der Waals surface area contributed by atoms with Crippen LogP contribution in [-0.2, 0) is 15.1 Å². The van der Waals surface area contributed by atoms with E-state index in [1.165, 1.54) is 0 Å². The Hall–Kier alpha value is -2.58. The van der Waals surface area contributed by atoms with Crippen LogP contribution in [0, 0.1) is 11.3 Å². The number of aromatic nitrogens is 1. The fourth-order valence-electron chi connectivity index (χ4n) is 2.50. The van der Waals surface area contributed by atoms with E-state index in [1.807, 2.05) is 48.9 Å². The van der Waals surface area contributed by atoms with E-state index in [4.69, 9.17) is 10.00 Å². The van der Waals surface area contributed by atoms with Gasteiger partial charge in [-0.25, -0.2) is 0 Å². The minimum atomic E-state index is -0.579. The molecule has 0 bridgehead atoms. The highest BCUT2D eigenvalue weighted by molar-refractivity contribution is 5.93. The van der Waals surface area contributed by atoms with Crippen LogP contribution >= 0.6 is 0 Å². The largest absolute Gasteiger partial charge is 0.361 e. The molecule has 21 heavy (non-hydrogen) atoms. The second-order valence-electron chi connectivity index (χ2n) is 5.45. The van der Waals surface area contributed by atoms with Crippen molar-refractivity contribution in [3.63, 3.8) is 0 Å². The van der Waals surface area contributed by atoms with Gasteiger partial charge >= 0.3 is 0 Å². The molecule has 0 atom stereocenters. The Morgan fingerprint density at radius 2 is 2.19 bits per heavy atom. The van der Waals surface area contributed by atoms with Gasteiger partial charge in [-0.1, -0.05) is 0 Å². The Morgan fingerprint density at radius 1 is 1.38 bits per heavy atom. The van der Waals surface area contributed by atoms with Crippen molar-refractivity contribution in [3.8, 4) is 11.8 Å². The Bertz CT molecular complexity index is 753. The van der Waals surface area contributed by atoms with Gasteiger partial charge in [0, 0.05) is 23.1 Å². The molecule has 3 rings (SSSR count). The Morgan fingerprint density at radius 3 is 2.95 bits per heavy atom. The number of hydrogen-bond donors (Lipinski definition) is 1. The number of nitrogens with one attached hydrogen (secondary N) is 1. The minimum absolute atomic E-state index is 0.0317. The smallest absolute Gasteiger partial charge is 0.250 e. The number of carbonyl (C=O) groups excluding carboxylic acids is 1. The van der Waals surface area contributed by atoms with Gasteiger partial charge in [0.25, 0.3) is 0 Å². The molecule has 0 saturated carbocycles. The van der Waals surface area contributed by atoms with E-state index < -0.39 is 5.60 Å². The normalized spacial score (nSPS) is 16.5. The predicted molar refractivity (Wildman–Crippen MR) is 78.1 cm³/mol. The number of nitriles is 1. The van der Waals surface area contributed by atoms with E-state index >= 15 is 0 Å². The molecule has 106 valence electrons. The van der Waals surface area contributed by atoms with E-state index in [1.54, 1.807) is 6.07 Å². The molecular weight excluding hydrogens is 266 g/mol. The number of ether oxygens (including phenoxy) is 1. The zero-order chi connectivity index (χ0) is 15.0. The third-order valence-electron chi connectivity index (χ3n) is 3.63. The van der Waals surface area contributed by atoms with E-state index in [-0.39, 0.29) is 12.5 Å². The van der Waals surface area contributed by atoms with Crippen molar-refractivity contribution in [1.82, 2.24) is 4.57 Å². The van der Waals surface area contributed by atoms with Crippen LogP contribution in [0.15, 0.2) is 36.5 Å². The van der Waals surface area contributed by atoms with E-state index in [0.717, 1.165) is 16.9 Å². The average molecular weight is 281 g/mol. The number of fused-ring (bicyclic) bond motifs is 1. The predicted octanol–water partition coefficient (Wildman–Crippen LogP) is 2.55. The lowest BCUT2D eigenvalue weighted by Crippen LogP contribution is -2.23. The minimum Gasteiger partial charge on any atom is -0.361 e. The first-order chi connectivity index (χ1) is 10.0. The fourth-order valence-corrected chi connectivity index (χ4v) is 2.50. The molecule has 0 fully saturated rings. The summed E-state index contributed by atoms with van der Waals surface area (Å²) in [6.45, 7) is 3.89. The summed E-state index contributed by atoms with van der Waals surface area (Å²) in [6.07, 6.45) is 1.84. The molecule has 5 nitrogen and oxygen atoms in total. The van der Waals surface area contributed by atoms with E-state index in [9.17, 15) is 4.79 Å². The maximum Gasteiger partial charge on any atom is 0.250 e. The van der Waals surface area contributed by atoms with Gasteiger partial charge in [-0.05, 0) is 44.2 Å². The standard InChI is InChI=1S/C16H15N3O2/c1-16(2)13-8-11(19-7-3-4-12(19)9-17)5-6-14(13)18-15(20)10-21-16/h3-8H,10H2,1-2H3,(H,18,20). The van der Waals surface area contributed by atoms with Crippen LogP contribution in [0.25, 0.3) is 5.69 Å². The maximum atomic E-state index is 11.7. The third-order valence-corrected chi connectivity index (χ3v) is 3.63. The van der Waals surface area contributed by atoms with E-state index in [2.05, 4.69) is 11.4 Å². The summed E-state index contributed by atoms with van der Waals surface area (Å²) in [4.78, 5) is 11.7. The van der Waals surface area contributed by atoms with Gasteiger partial charge in [0.15, 0.2) is 0 Å². The van der Waals surface area contributed by atoms with Gasteiger partial charge in [0.05, 0.1) is 5.60 Å². The number of hydrogen-bond acceptors (Lipinski definition) is 3. The van der Waals surface area contributed by atoms with Crippen molar-refractivity contribution < 1.29 is 9.53 Å². The van der Waals surface area contributed by atoms with Gasteiger partial charge in [-0.2, -0.15) is 5.26 Å². The molecule has 0 spiro atoms. The van der Waals surface area contributed by atoms with Crippen LogP contribution in [0.2, 0.25) is 0 Å². The first-order valence-electron chi connectivity index (χ1n) is 6.67. The SMILES string of the molecule is CC1(C)OCC(=O)Nc2ccc(-n3cccc3C#N)cc21. The number of carbonyl (C=O) groups is 1. The highest BCUT2D eigenvalue weighted by Crippen LogP contribution is 2.35. The van der Waals surface area contributed by atoms with Gasteiger partial charge in [-0.15, -0.1) is 0 Å². The number of rotatable bonds is 1. The average Bonchev–Trinajstić information content (AvgIpc) is 2.90. The van der Waals surface area contributed by atoms with Crippen LogP contribution in [-0.4, -0.2) is 17.1 Å². The first-order valence-corrected chi connectivity index (χ1v) is 6.67. The molecule has 0 saturated heterocycles. The zero-order valence-electron chi connectivity index (χ0n) is 11.9. The monoisotopic (exact) mass is 281 g/mol. The topological polar surface area (TPSA) is 67.0 Å². The summed E-state index contributed by atoms with van der Waals surface area (Å²) in [6, 6.07) is 11.4. The molecule has 0 aliphatic carbocycles. The second kappa shape index (κ2) is 4.76. The van der Waals surface area contributed by atoms with Crippen molar-refractivity contribution in [2.75, 3.05) is 11.9 Å². The van der Waals surface area contributed by atoms with Crippen molar-refractivity contribution in [2.24, 2.45) is 0 Å². The summed E-state index contributed by atoms with van der Waals surface area (Å²) >= 11 is 0. The summed E-state index contributed by atoms with van der Waals surface area (Å²) in [5.74, 6) is -0.159. The van der Waals surface area contributed by atoms with Gasteiger partial charge in [0.2, 0.25) is 5.91 Å². The van der Waals surface area contributed by atoms with Crippen LogP contribution in [0.4, 0.5) is 5.69 Å². The molecule has 2 heterocycles. The summed E-state index contributed by atoms with van der Waals surface area (Å²) in [5.41, 5.74) is 2.49. The molecule has 1 aromatic carbocycles. The van der Waals surface area contributed by atoms with Crippen molar-refractivity contribution >= 4 is 11.6 Å². The summed E-state index contributed by atoms with van der Waals surface area (Å²) in [5, 5.41) is 12.0. The summed E-state index contributed by atoms with van der Waals surface area (Å²) < 4.78 is 7.48. The molecule has 5 heteroatoms. The zero-order valence-corrected chi connectivity index (χ0v) is 11.9. The van der Waals surface area contributed by atoms with Gasteiger partial charge in [-0.3, -0.25) is 4.79 Å². The van der Waals surface area contributed by atoms with E-state index in [0.29, 0.717) is 5.69 Å². The van der Waals surface area contributed by atoms with Gasteiger partial charge < -0.3 is 14.6 Å². The molecular formula is C16H15N3O2. The maximum absolute atomic E-state index is 11.7. The third kappa shape index (κ3) is 2.30. The molecule has 1 N–H and O–H groups in total.